The zero-order valence-corrected chi connectivity index (χ0v) is 14.7. The summed E-state index contributed by atoms with van der Waals surface area (Å²) in [5.41, 5.74) is 2.71. The third-order valence-electron chi connectivity index (χ3n) is 4.49. The van der Waals surface area contributed by atoms with E-state index in [2.05, 4.69) is 22.4 Å². The Hall–Kier alpha value is -2.26. The lowest BCUT2D eigenvalue weighted by molar-refractivity contribution is -0.125. The van der Waals surface area contributed by atoms with Gasteiger partial charge >= 0.3 is 0 Å². The van der Waals surface area contributed by atoms with Crippen LogP contribution in [0.3, 0.4) is 0 Å². The summed E-state index contributed by atoms with van der Waals surface area (Å²) < 4.78 is 0. The average molecular weight is 341 g/mol. The van der Waals surface area contributed by atoms with Crippen LogP contribution in [0.5, 0.6) is 0 Å². The smallest absolute Gasteiger partial charge is 0.230 e. The standard InChI is InChI=1S/C20H21ClN2O/c1-20(2,15-7-9-16(21)10-8-15)19(24)22-12-11-14-13-23-18-6-4-3-5-17(14)18/h3-10,13,23H,11-12H2,1-2H3,(H,22,24). The Labute approximate surface area is 147 Å². The Kier molecular flexibility index (Phi) is 4.63. The van der Waals surface area contributed by atoms with Crippen LogP contribution in [-0.4, -0.2) is 17.4 Å². The fourth-order valence-electron chi connectivity index (χ4n) is 2.87. The molecule has 0 saturated heterocycles. The molecule has 0 radical (unpaired) electrons. The van der Waals surface area contributed by atoms with Crippen LogP contribution in [0.1, 0.15) is 25.0 Å². The van der Waals surface area contributed by atoms with Crippen LogP contribution in [0, 0.1) is 0 Å². The van der Waals surface area contributed by atoms with Crippen LogP contribution in [0.15, 0.2) is 54.7 Å². The highest BCUT2D eigenvalue weighted by Crippen LogP contribution is 2.25. The summed E-state index contributed by atoms with van der Waals surface area (Å²) in [5, 5.41) is 4.94. The van der Waals surface area contributed by atoms with E-state index in [-0.39, 0.29) is 5.91 Å². The van der Waals surface area contributed by atoms with E-state index < -0.39 is 5.41 Å². The van der Waals surface area contributed by atoms with Crippen LogP contribution < -0.4 is 5.32 Å². The first-order chi connectivity index (χ1) is 11.5. The summed E-state index contributed by atoms with van der Waals surface area (Å²) in [6, 6.07) is 15.6. The molecular formula is C20H21ClN2O. The predicted octanol–water partition coefficient (Wildman–Crippen LogP) is 4.46. The highest BCUT2D eigenvalue weighted by Gasteiger charge is 2.29. The highest BCUT2D eigenvalue weighted by molar-refractivity contribution is 6.30. The van der Waals surface area contributed by atoms with Crippen molar-refractivity contribution in [1.82, 2.24) is 10.3 Å². The normalized spacial score (nSPS) is 11.6. The van der Waals surface area contributed by atoms with Crippen LogP contribution in [-0.2, 0) is 16.6 Å². The van der Waals surface area contributed by atoms with E-state index in [1.165, 1.54) is 10.9 Å². The van der Waals surface area contributed by atoms with E-state index in [1.807, 2.05) is 56.4 Å². The minimum atomic E-state index is -0.592. The van der Waals surface area contributed by atoms with Crippen molar-refractivity contribution in [3.05, 3.63) is 70.9 Å². The van der Waals surface area contributed by atoms with Gasteiger partial charge in [0.1, 0.15) is 0 Å². The summed E-state index contributed by atoms with van der Waals surface area (Å²) in [6.07, 6.45) is 2.81. The Morgan fingerprint density at radius 1 is 1.12 bits per heavy atom. The fourth-order valence-corrected chi connectivity index (χ4v) is 2.99. The molecule has 24 heavy (non-hydrogen) atoms. The van der Waals surface area contributed by atoms with E-state index in [0.717, 1.165) is 17.5 Å². The number of carbonyl (C=O) groups excluding carboxylic acids is 1. The van der Waals surface area contributed by atoms with Gasteiger partial charge in [-0.25, -0.2) is 0 Å². The molecule has 1 heterocycles. The van der Waals surface area contributed by atoms with Crippen LogP contribution in [0.2, 0.25) is 5.02 Å². The topological polar surface area (TPSA) is 44.9 Å². The van der Waals surface area contributed by atoms with E-state index in [1.54, 1.807) is 0 Å². The third kappa shape index (κ3) is 3.31. The molecule has 3 rings (SSSR count). The molecule has 0 spiro atoms. The summed E-state index contributed by atoms with van der Waals surface area (Å²) in [6.45, 7) is 4.46. The van der Waals surface area contributed by atoms with Gasteiger partial charge in [0.15, 0.2) is 0 Å². The van der Waals surface area contributed by atoms with Crippen molar-refractivity contribution < 1.29 is 4.79 Å². The van der Waals surface area contributed by atoms with E-state index in [4.69, 9.17) is 11.6 Å². The first kappa shape index (κ1) is 16.6. The van der Waals surface area contributed by atoms with Gasteiger partial charge in [-0.2, -0.15) is 0 Å². The maximum absolute atomic E-state index is 12.6. The van der Waals surface area contributed by atoms with Crippen molar-refractivity contribution in [3.8, 4) is 0 Å². The second-order valence-corrected chi connectivity index (χ2v) is 6.93. The van der Waals surface area contributed by atoms with Gasteiger partial charge in [0.2, 0.25) is 5.91 Å². The molecular weight excluding hydrogens is 320 g/mol. The molecule has 3 nitrogen and oxygen atoms in total. The Morgan fingerprint density at radius 3 is 2.58 bits per heavy atom. The maximum atomic E-state index is 12.6. The van der Waals surface area contributed by atoms with Gasteiger partial charge in [-0.05, 0) is 49.6 Å². The second-order valence-electron chi connectivity index (χ2n) is 6.50. The number of aromatic amines is 1. The number of nitrogens with one attached hydrogen (secondary N) is 2. The minimum Gasteiger partial charge on any atom is -0.361 e. The molecule has 0 aliphatic heterocycles. The van der Waals surface area contributed by atoms with Gasteiger partial charge in [0.05, 0.1) is 5.41 Å². The molecule has 0 bridgehead atoms. The molecule has 2 N–H and O–H groups in total. The highest BCUT2D eigenvalue weighted by atomic mass is 35.5. The number of para-hydroxylation sites is 1. The Bertz CT molecular complexity index is 849. The summed E-state index contributed by atoms with van der Waals surface area (Å²) in [7, 11) is 0. The first-order valence-electron chi connectivity index (χ1n) is 8.08. The molecule has 3 aromatic rings. The zero-order valence-electron chi connectivity index (χ0n) is 13.9. The van der Waals surface area contributed by atoms with E-state index in [0.29, 0.717) is 11.6 Å². The first-order valence-corrected chi connectivity index (χ1v) is 8.45. The van der Waals surface area contributed by atoms with Crippen molar-refractivity contribution in [3.63, 3.8) is 0 Å². The zero-order chi connectivity index (χ0) is 17.2. The van der Waals surface area contributed by atoms with Gasteiger partial charge in [-0.3, -0.25) is 4.79 Å². The lowest BCUT2D eigenvalue weighted by Crippen LogP contribution is -2.40. The largest absolute Gasteiger partial charge is 0.361 e. The number of hydrogen-bond acceptors (Lipinski definition) is 1. The summed E-state index contributed by atoms with van der Waals surface area (Å²) >= 11 is 5.93. The fraction of sp³-hybridized carbons (Fsp3) is 0.250. The molecule has 124 valence electrons. The van der Waals surface area contributed by atoms with Gasteiger partial charge in [0.25, 0.3) is 0 Å². The monoisotopic (exact) mass is 340 g/mol. The molecule has 4 heteroatoms. The molecule has 0 aliphatic rings. The number of carbonyl (C=O) groups is 1. The van der Waals surface area contributed by atoms with Gasteiger partial charge in [-0.15, -0.1) is 0 Å². The van der Waals surface area contributed by atoms with Crippen molar-refractivity contribution in [2.24, 2.45) is 0 Å². The molecule has 0 aliphatic carbocycles. The van der Waals surface area contributed by atoms with Gasteiger partial charge in [0, 0.05) is 28.7 Å². The Morgan fingerprint density at radius 2 is 1.83 bits per heavy atom. The van der Waals surface area contributed by atoms with E-state index in [9.17, 15) is 4.79 Å². The quantitative estimate of drug-likeness (QED) is 0.707. The van der Waals surface area contributed by atoms with Crippen LogP contribution in [0.25, 0.3) is 10.9 Å². The van der Waals surface area contributed by atoms with E-state index >= 15 is 0 Å². The number of H-pyrrole nitrogens is 1. The number of fused-ring (bicyclic) bond motifs is 1. The molecule has 0 fully saturated rings. The van der Waals surface area contributed by atoms with Gasteiger partial charge < -0.3 is 10.3 Å². The molecule has 1 aromatic heterocycles. The van der Waals surface area contributed by atoms with Crippen molar-refractivity contribution in [1.29, 1.82) is 0 Å². The third-order valence-corrected chi connectivity index (χ3v) is 4.74. The lowest BCUT2D eigenvalue weighted by atomic mass is 9.83. The lowest BCUT2D eigenvalue weighted by Gasteiger charge is -2.24. The SMILES string of the molecule is CC(C)(C(=O)NCCc1c[nH]c2ccccc12)c1ccc(Cl)cc1. The maximum Gasteiger partial charge on any atom is 0.230 e. The molecule has 0 saturated carbocycles. The Balaban J connectivity index is 1.63. The summed E-state index contributed by atoms with van der Waals surface area (Å²) in [5.74, 6) is 0.0182. The predicted molar refractivity (Wildman–Crippen MR) is 99.5 cm³/mol. The number of halogens is 1. The molecule has 2 aromatic carbocycles. The number of rotatable bonds is 5. The molecule has 0 atom stereocenters. The molecule has 1 amide bonds. The minimum absolute atomic E-state index is 0.0182. The molecule has 0 unspecified atom stereocenters. The van der Waals surface area contributed by atoms with Crippen molar-refractivity contribution in [2.75, 3.05) is 6.54 Å². The number of aromatic nitrogens is 1. The number of amides is 1. The van der Waals surface area contributed by atoms with Gasteiger partial charge in [-0.1, -0.05) is 41.9 Å². The average Bonchev–Trinajstić information content (AvgIpc) is 2.98. The number of hydrogen-bond donors (Lipinski definition) is 2. The van der Waals surface area contributed by atoms with Crippen LogP contribution >= 0.6 is 11.6 Å². The van der Waals surface area contributed by atoms with Crippen LogP contribution in [0.4, 0.5) is 0 Å². The van der Waals surface area contributed by atoms with Crippen molar-refractivity contribution in [2.45, 2.75) is 25.7 Å². The number of benzene rings is 2. The second kappa shape index (κ2) is 6.70. The van der Waals surface area contributed by atoms with Crippen molar-refractivity contribution >= 4 is 28.4 Å². The summed E-state index contributed by atoms with van der Waals surface area (Å²) in [4.78, 5) is 15.9.